The molecule has 6 amide bonds. The van der Waals surface area contributed by atoms with E-state index in [0.717, 1.165) is 13.8 Å². The van der Waals surface area contributed by atoms with Crippen molar-refractivity contribution in [3.05, 3.63) is 0 Å². The van der Waals surface area contributed by atoms with Crippen molar-refractivity contribution in [3.63, 3.8) is 0 Å². The Kier molecular flexibility index (Phi) is 16.8. The molecule has 1 aliphatic rings. The van der Waals surface area contributed by atoms with Gasteiger partial charge in [-0.2, -0.15) is 0 Å². The van der Waals surface area contributed by atoms with Crippen molar-refractivity contribution in [2.75, 3.05) is 6.54 Å². The van der Waals surface area contributed by atoms with Crippen LogP contribution in [0.4, 0.5) is 0 Å². The van der Waals surface area contributed by atoms with Gasteiger partial charge in [-0.25, -0.2) is 0 Å². The van der Waals surface area contributed by atoms with Crippen LogP contribution in [0.1, 0.15) is 65.2 Å². The summed E-state index contributed by atoms with van der Waals surface area (Å²) in [5.74, 6) is -10.7. The lowest BCUT2D eigenvalue weighted by Gasteiger charge is -2.29. The monoisotopic (exact) mass is 673 g/mol. The minimum Gasteiger partial charge on any atom is -0.481 e. The van der Waals surface area contributed by atoms with Crippen LogP contribution in [-0.4, -0.2) is 123 Å². The number of hydrogen-bond acceptors (Lipinski definition) is 11. The molecule has 20 nitrogen and oxygen atoms in total. The number of amides is 6. The summed E-state index contributed by atoms with van der Waals surface area (Å²) >= 11 is 0. The fourth-order valence-electron chi connectivity index (χ4n) is 4.36. The first-order valence-electron chi connectivity index (χ1n) is 14.8. The zero-order valence-electron chi connectivity index (χ0n) is 25.9. The van der Waals surface area contributed by atoms with Crippen molar-refractivity contribution < 1.29 is 63.6 Å². The molecule has 1 aliphatic heterocycles. The second kappa shape index (κ2) is 19.6. The van der Waals surface area contributed by atoms with Gasteiger partial charge in [0.25, 0.3) is 0 Å². The van der Waals surface area contributed by atoms with Crippen molar-refractivity contribution in [2.45, 2.75) is 108 Å². The number of hydrogen-bond donors (Lipinski definition) is 11. The quantitative estimate of drug-likeness (QED) is 0.0823. The lowest BCUT2D eigenvalue weighted by molar-refractivity contribution is -0.142. The van der Waals surface area contributed by atoms with E-state index in [2.05, 4.69) is 31.9 Å². The molecule has 1 fully saturated rings. The second-order valence-electron chi connectivity index (χ2n) is 10.9. The molecule has 20 heteroatoms. The highest BCUT2D eigenvalue weighted by molar-refractivity contribution is 5.99. The summed E-state index contributed by atoms with van der Waals surface area (Å²) in [7, 11) is 0. The van der Waals surface area contributed by atoms with Crippen LogP contribution in [0.2, 0.25) is 0 Å². The normalized spacial score (nSPS) is 25.8. The number of carboxylic acid groups (broad SMARTS) is 3. The van der Waals surface area contributed by atoms with Crippen molar-refractivity contribution in [1.82, 2.24) is 31.9 Å². The largest absolute Gasteiger partial charge is 0.481 e. The number of nitrogens with two attached hydrogens (primary N) is 1. The maximum Gasteiger partial charge on any atom is 0.305 e. The summed E-state index contributed by atoms with van der Waals surface area (Å²) in [6.07, 6.45) is -4.27. The number of carbonyl (C=O) groups excluding carboxylic acids is 6. The molecule has 12 N–H and O–H groups in total. The topological polar surface area (TPSA) is 333 Å². The summed E-state index contributed by atoms with van der Waals surface area (Å²) in [4.78, 5) is 113. The molecule has 7 atom stereocenters. The summed E-state index contributed by atoms with van der Waals surface area (Å²) in [6, 6.07) is -9.70. The minimum absolute atomic E-state index is 0.0708. The fourth-order valence-corrected chi connectivity index (χ4v) is 4.36. The van der Waals surface area contributed by atoms with Crippen LogP contribution in [0, 0.1) is 0 Å². The van der Waals surface area contributed by atoms with Crippen molar-refractivity contribution in [2.24, 2.45) is 5.73 Å². The van der Waals surface area contributed by atoms with Crippen molar-refractivity contribution in [1.29, 1.82) is 0 Å². The first-order valence-corrected chi connectivity index (χ1v) is 14.8. The molecular formula is C27H43N7O13. The summed E-state index contributed by atoms with van der Waals surface area (Å²) in [5, 5.41) is 51.4. The Balaban J connectivity index is 3.65. The first kappa shape index (κ1) is 40.2. The van der Waals surface area contributed by atoms with Gasteiger partial charge in [-0.3, -0.25) is 43.2 Å². The highest BCUT2D eigenvalue weighted by Crippen LogP contribution is 2.08. The van der Waals surface area contributed by atoms with Crippen LogP contribution in [0.25, 0.3) is 0 Å². The summed E-state index contributed by atoms with van der Waals surface area (Å²) < 4.78 is 0. The maximum atomic E-state index is 13.3. The van der Waals surface area contributed by atoms with E-state index in [4.69, 9.17) is 10.8 Å². The lowest BCUT2D eigenvalue weighted by atomic mass is 10.0. The third-order valence-corrected chi connectivity index (χ3v) is 6.97. The van der Waals surface area contributed by atoms with Gasteiger partial charge in [-0.05, 0) is 52.5 Å². The number of carboxylic acids is 3. The molecule has 0 aromatic heterocycles. The highest BCUT2D eigenvalue weighted by Gasteiger charge is 2.36. The Labute approximate surface area is 268 Å². The molecule has 0 aliphatic carbocycles. The van der Waals surface area contributed by atoms with Gasteiger partial charge in [0.2, 0.25) is 35.4 Å². The van der Waals surface area contributed by atoms with Crippen molar-refractivity contribution in [3.8, 4) is 0 Å². The number of aliphatic hydroxyl groups excluding tert-OH is 1. The Morgan fingerprint density at radius 1 is 0.617 bits per heavy atom. The molecule has 264 valence electrons. The Bertz CT molecular complexity index is 1200. The van der Waals surface area contributed by atoms with E-state index in [9.17, 15) is 58.5 Å². The van der Waals surface area contributed by atoms with Crippen LogP contribution >= 0.6 is 0 Å². The average molecular weight is 674 g/mol. The predicted molar refractivity (Wildman–Crippen MR) is 158 cm³/mol. The van der Waals surface area contributed by atoms with Gasteiger partial charge in [0.05, 0.1) is 12.5 Å². The lowest BCUT2D eigenvalue weighted by Crippen LogP contribution is -2.62. The number of aliphatic carboxylic acids is 3. The molecule has 47 heavy (non-hydrogen) atoms. The van der Waals surface area contributed by atoms with E-state index in [0.29, 0.717) is 6.42 Å². The second-order valence-corrected chi connectivity index (χ2v) is 10.9. The molecule has 0 radical (unpaired) electrons. The number of carbonyl (C=O) groups is 9. The number of rotatable bonds is 13. The van der Waals surface area contributed by atoms with E-state index >= 15 is 0 Å². The predicted octanol–water partition coefficient (Wildman–Crippen LogP) is -4.36. The summed E-state index contributed by atoms with van der Waals surface area (Å²) in [6.45, 7) is 2.49. The van der Waals surface area contributed by atoms with Gasteiger partial charge < -0.3 is 58.1 Å². The van der Waals surface area contributed by atoms with Crippen LogP contribution in [-0.2, 0) is 43.2 Å². The van der Waals surface area contributed by atoms with Crippen molar-refractivity contribution >= 4 is 53.4 Å². The number of aliphatic hydroxyl groups is 1. The maximum absolute atomic E-state index is 13.3. The summed E-state index contributed by atoms with van der Waals surface area (Å²) in [5.41, 5.74) is 5.52. The van der Waals surface area contributed by atoms with E-state index in [1.165, 1.54) is 0 Å². The van der Waals surface area contributed by atoms with Gasteiger partial charge >= 0.3 is 17.9 Å². The van der Waals surface area contributed by atoms with Gasteiger partial charge in [0.15, 0.2) is 0 Å². The van der Waals surface area contributed by atoms with E-state index in [1.807, 2.05) is 0 Å². The van der Waals surface area contributed by atoms with Crippen LogP contribution in [0.15, 0.2) is 0 Å². The smallest absolute Gasteiger partial charge is 0.305 e. The van der Waals surface area contributed by atoms with E-state index < -0.39 is 128 Å². The third kappa shape index (κ3) is 14.4. The molecule has 1 rings (SSSR count). The average Bonchev–Trinajstić information content (AvgIpc) is 2.97. The molecule has 0 aromatic rings. The highest BCUT2D eigenvalue weighted by atomic mass is 16.4. The fraction of sp³-hybridized carbons (Fsp3) is 0.667. The SMILES string of the molecule is C[C@@H]1NC(=O)[C@H](CC(=O)O)NC(=O)[C@H](CCCCN)NC(=O)[C@H](CCC(=O)O)NC(=O)[C@H]([C@@H](C)O)NC(=O)[C@H](CCC(=O)O)NC1=O. The molecule has 0 saturated carbocycles. The minimum atomic E-state index is -1.79. The van der Waals surface area contributed by atoms with E-state index in [-0.39, 0.29) is 19.4 Å². The van der Waals surface area contributed by atoms with Gasteiger partial charge in [-0.1, -0.05) is 0 Å². The van der Waals surface area contributed by atoms with Gasteiger partial charge in [0, 0.05) is 12.8 Å². The van der Waals surface area contributed by atoms with Crippen LogP contribution in [0.5, 0.6) is 0 Å². The zero-order valence-corrected chi connectivity index (χ0v) is 25.9. The first-order chi connectivity index (χ1) is 22.0. The molecule has 0 unspecified atom stereocenters. The van der Waals surface area contributed by atoms with Crippen LogP contribution < -0.4 is 37.6 Å². The van der Waals surface area contributed by atoms with Crippen LogP contribution in [0.3, 0.4) is 0 Å². The number of unbranched alkanes of at least 4 members (excludes halogenated alkanes) is 1. The number of nitrogens with one attached hydrogen (secondary N) is 6. The molecule has 1 heterocycles. The Hall–Kier alpha value is -4.85. The molecular weight excluding hydrogens is 630 g/mol. The Morgan fingerprint density at radius 2 is 1.04 bits per heavy atom. The standard InChI is InChI=1S/C27H43N7O13/c1-12-22(42)30-16(7-9-19(38)39)25(45)34-21(13(2)35)27(47)32-15(6-8-18(36)37)24(44)31-14(5-3-4-10-28)23(43)33-17(11-20(40)41)26(46)29-12/h12-17,21,35H,3-11,28H2,1-2H3,(H,29,46)(H,30,42)(H,31,44)(H,32,47)(H,33,43)(H,34,45)(H,36,37)(H,38,39)(H,40,41)/t12-,13+,14-,15-,16-,17-,21-/m0/s1. The van der Waals surface area contributed by atoms with E-state index in [1.54, 1.807) is 0 Å². The molecule has 0 bridgehead atoms. The molecule has 0 aromatic carbocycles. The third-order valence-electron chi connectivity index (χ3n) is 6.97. The molecule has 1 saturated heterocycles. The van der Waals surface area contributed by atoms with Gasteiger partial charge in [0.1, 0.15) is 36.3 Å². The molecule has 0 spiro atoms. The van der Waals surface area contributed by atoms with Gasteiger partial charge in [-0.15, -0.1) is 0 Å². The zero-order chi connectivity index (χ0) is 35.8. The Morgan fingerprint density at radius 3 is 1.51 bits per heavy atom.